The van der Waals surface area contributed by atoms with Gasteiger partial charge in [-0.3, -0.25) is 4.79 Å². The number of sulfonamides is 2. The van der Waals surface area contributed by atoms with Gasteiger partial charge in [-0.2, -0.15) is 8.61 Å². The summed E-state index contributed by atoms with van der Waals surface area (Å²) in [6.45, 7) is 6.11. The molecule has 2 aliphatic heterocycles. The minimum absolute atomic E-state index is 0.0825. The molecule has 0 atom stereocenters. The molecule has 0 unspecified atom stereocenters. The van der Waals surface area contributed by atoms with E-state index in [2.05, 4.69) is 13.8 Å². The van der Waals surface area contributed by atoms with Crippen LogP contribution in [0.1, 0.15) is 55.5 Å². The zero-order valence-corrected chi connectivity index (χ0v) is 21.3. The van der Waals surface area contributed by atoms with Crippen LogP contribution in [-0.4, -0.2) is 57.4 Å². The number of hydrogen-bond acceptors (Lipinski definition) is 5. The van der Waals surface area contributed by atoms with E-state index in [-0.39, 0.29) is 20.9 Å². The van der Waals surface area contributed by atoms with Crippen LogP contribution in [0.2, 0.25) is 0 Å². The van der Waals surface area contributed by atoms with E-state index in [1.165, 1.54) is 32.9 Å². The summed E-state index contributed by atoms with van der Waals surface area (Å²) in [6.07, 6.45) is 3.26. The van der Waals surface area contributed by atoms with Gasteiger partial charge in [-0.1, -0.05) is 38.1 Å². The van der Waals surface area contributed by atoms with Gasteiger partial charge in [0.15, 0.2) is 5.78 Å². The Hall–Kier alpha value is -2.07. The van der Waals surface area contributed by atoms with Crippen molar-refractivity contribution in [3.8, 4) is 0 Å². The second-order valence-corrected chi connectivity index (χ2v) is 13.4. The van der Waals surface area contributed by atoms with Gasteiger partial charge >= 0.3 is 0 Å². The molecule has 7 nitrogen and oxygen atoms in total. The predicted molar refractivity (Wildman–Crippen MR) is 131 cm³/mol. The van der Waals surface area contributed by atoms with Crippen LogP contribution in [0.15, 0.2) is 58.3 Å². The van der Waals surface area contributed by atoms with Crippen LogP contribution in [0.4, 0.5) is 0 Å². The lowest BCUT2D eigenvalue weighted by molar-refractivity contribution is 0.103. The number of hydrogen-bond donors (Lipinski definition) is 0. The van der Waals surface area contributed by atoms with Gasteiger partial charge in [0.2, 0.25) is 20.0 Å². The van der Waals surface area contributed by atoms with Crippen molar-refractivity contribution < 1.29 is 21.6 Å². The molecule has 0 amide bonds. The number of benzene rings is 2. The molecular weight excluding hydrogens is 472 g/mol. The second-order valence-electron chi connectivity index (χ2n) is 9.56. The SMILES string of the molecule is CC1CCN(S(=O)(=O)c2cccc(C(=O)c3cccc(S(=O)(=O)N4CCC(C)CC4)c3)c2)CC1. The fourth-order valence-corrected chi connectivity index (χ4v) is 7.54. The van der Waals surface area contributed by atoms with Gasteiger partial charge in [0.1, 0.15) is 0 Å². The summed E-state index contributed by atoms with van der Waals surface area (Å²) >= 11 is 0. The third-order valence-electron chi connectivity index (χ3n) is 6.95. The lowest BCUT2D eigenvalue weighted by Gasteiger charge is -2.29. The minimum atomic E-state index is -3.70. The molecule has 0 saturated carbocycles. The van der Waals surface area contributed by atoms with Gasteiger partial charge in [0, 0.05) is 37.3 Å². The van der Waals surface area contributed by atoms with E-state index in [1.54, 1.807) is 24.3 Å². The van der Waals surface area contributed by atoms with Crippen molar-refractivity contribution in [2.75, 3.05) is 26.2 Å². The molecule has 0 N–H and O–H groups in total. The highest BCUT2D eigenvalue weighted by Crippen LogP contribution is 2.26. The molecule has 0 spiro atoms. The summed E-state index contributed by atoms with van der Waals surface area (Å²) in [4.78, 5) is 13.4. The molecule has 2 fully saturated rings. The third-order valence-corrected chi connectivity index (χ3v) is 10.7. The summed E-state index contributed by atoms with van der Waals surface area (Å²) < 4.78 is 55.4. The second kappa shape index (κ2) is 9.89. The Morgan fingerprint density at radius 3 is 1.38 bits per heavy atom. The minimum Gasteiger partial charge on any atom is -0.289 e. The molecule has 0 bridgehead atoms. The van der Waals surface area contributed by atoms with Crippen molar-refractivity contribution in [3.63, 3.8) is 0 Å². The van der Waals surface area contributed by atoms with Crippen LogP contribution in [0.5, 0.6) is 0 Å². The molecule has 2 aromatic carbocycles. The zero-order valence-electron chi connectivity index (χ0n) is 19.7. The van der Waals surface area contributed by atoms with E-state index < -0.39 is 25.8 Å². The summed E-state index contributed by atoms with van der Waals surface area (Å²) in [7, 11) is -7.39. The molecule has 9 heteroatoms. The molecule has 0 aliphatic carbocycles. The number of carbonyl (C=O) groups excluding carboxylic acids is 1. The van der Waals surface area contributed by atoms with Crippen LogP contribution in [0.25, 0.3) is 0 Å². The van der Waals surface area contributed by atoms with E-state index in [4.69, 9.17) is 0 Å². The van der Waals surface area contributed by atoms with Crippen molar-refractivity contribution in [1.82, 2.24) is 8.61 Å². The van der Waals surface area contributed by atoms with Gasteiger partial charge in [-0.15, -0.1) is 0 Å². The van der Waals surface area contributed by atoms with Crippen LogP contribution >= 0.6 is 0 Å². The van der Waals surface area contributed by atoms with E-state index in [9.17, 15) is 21.6 Å². The summed E-state index contributed by atoms with van der Waals surface area (Å²) in [5, 5.41) is 0. The summed E-state index contributed by atoms with van der Waals surface area (Å²) in [5.41, 5.74) is 0.431. The molecule has 0 aromatic heterocycles. The quantitative estimate of drug-likeness (QED) is 0.559. The van der Waals surface area contributed by atoms with E-state index in [0.717, 1.165) is 25.7 Å². The fraction of sp³-hybridized carbons (Fsp3) is 0.480. The van der Waals surface area contributed by atoms with Crippen LogP contribution < -0.4 is 0 Å². The van der Waals surface area contributed by atoms with Crippen molar-refractivity contribution in [2.45, 2.75) is 49.3 Å². The number of ketones is 1. The first-order valence-corrected chi connectivity index (χ1v) is 14.7. The maximum atomic E-state index is 13.2. The maximum absolute atomic E-state index is 13.2. The number of nitrogens with zero attached hydrogens (tertiary/aromatic N) is 2. The average Bonchev–Trinajstić information content (AvgIpc) is 2.84. The van der Waals surface area contributed by atoms with Crippen LogP contribution in [-0.2, 0) is 20.0 Å². The smallest absolute Gasteiger partial charge is 0.243 e. The number of piperidine rings is 2. The van der Waals surface area contributed by atoms with Crippen molar-refractivity contribution in [2.24, 2.45) is 11.8 Å². The largest absolute Gasteiger partial charge is 0.289 e. The Bertz CT molecular complexity index is 1160. The molecule has 34 heavy (non-hydrogen) atoms. The summed E-state index contributed by atoms with van der Waals surface area (Å²) in [5.74, 6) is 0.584. The van der Waals surface area contributed by atoms with Crippen LogP contribution in [0, 0.1) is 11.8 Å². The molecule has 184 valence electrons. The Balaban J connectivity index is 1.58. The maximum Gasteiger partial charge on any atom is 0.243 e. The van der Waals surface area contributed by atoms with Gasteiger partial charge in [0.05, 0.1) is 9.79 Å². The Morgan fingerprint density at radius 2 is 1.03 bits per heavy atom. The van der Waals surface area contributed by atoms with Gasteiger partial charge in [0.25, 0.3) is 0 Å². The average molecular weight is 505 g/mol. The first-order chi connectivity index (χ1) is 16.1. The van der Waals surface area contributed by atoms with E-state index in [0.29, 0.717) is 38.0 Å². The standard InChI is InChI=1S/C25H32N2O5S2/c1-19-9-13-26(14-10-19)33(29,30)23-7-3-5-21(17-23)25(28)22-6-4-8-24(18-22)34(31,32)27-15-11-20(2)12-16-27/h3-8,17-20H,9-16H2,1-2H3. The van der Waals surface area contributed by atoms with Crippen molar-refractivity contribution in [1.29, 1.82) is 0 Å². The number of carbonyl (C=O) groups is 1. The number of rotatable bonds is 6. The fourth-order valence-electron chi connectivity index (χ4n) is 4.51. The predicted octanol–water partition coefficient (Wildman–Crippen LogP) is 3.76. The first kappa shape index (κ1) is 25.0. The van der Waals surface area contributed by atoms with E-state index in [1.807, 2.05) is 0 Å². The molecule has 4 rings (SSSR count). The normalized spacial score (nSPS) is 19.8. The lowest BCUT2D eigenvalue weighted by Crippen LogP contribution is -2.38. The zero-order chi connectivity index (χ0) is 24.5. The Kier molecular flexibility index (Phi) is 7.28. The van der Waals surface area contributed by atoms with Gasteiger partial charge in [-0.05, 0) is 61.8 Å². The van der Waals surface area contributed by atoms with Crippen LogP contribution in [0.3, 0.4) is 0 Å². The molecular formula is C25H32N2O5S2. The summed E-state index contributed by atoms with van der Waals surface area (Å²) in [6, 6.07) is 12.0. The molecule has 2 aliphatic rings. The van der Waals surface area contributed by atoms with Crippen molar-refractivity contribution >= 4 is 25.8 Å². The molecule has 0 radical (unpaired) electrons. The Morgan fingerprint density at radius 1 is 0.676 bits per heavy atom. The first-order valence-electron chi connectivity index (χ1n) is 11.8. The highest BCUT2D eigenvalue weighted by atomic mass is 32.2. The monoisotopic (exact) mass is 504 g/mol. The van der Waals surface area contributed by atoms with Gasteiger partial charge < -0.3 is 0 Å². The highest BCUT2D eigenvalue weighted by Gasteiger charge is 2.30. The van der Waals surface area contributed by atoms with Gasteiger partial charge in [-0.25, -0.2) is 16.8 Å². The van der Waals surface area contributed by atoms with Crippen molar-refractivity contribution in [3.05, 3.63) is 59.7 Å². The Labute approximate surface area is 202 Å². The highest BCUT2D eigenvalue weighted by molar-refractivity contribution is 7.89. The molecule has 2 heterocycles. The molecule has 2 saturated heterocycles. The molecule has 2 aromatic rings. The van der Waals surface area contributed by atoms with E-state index >= 15 is 0 Å². The topological polar surface area (TPSA) is 91.8 Å². The third kappa shape index (κ3) is 5.12. The lowest BCUT2D eigenvalue weighted by atomic mass is 10.0.